The molecular weight excluding hydrogens is 272 g/mol. The number of aliphatic carboxylic acids is 1. The minimum Gasteiger partial charge on any atom is -0.480 e. The molecule has 1 amide bonds. The van der Waals surface area contributed by atoms with Gasteiger partial charge in [-0.2, -0.15) is 8.78 Å². The van der Waals surface area contributed by atoms with Crippen molar-refractivity contribution in [2.75, 3.05) is 0 Å². The third kappa shape index (κ3) is 3.04. The molecule has 7 heteroatoms. The number of benzene rings is 1. The monoisotopic (exact) mass is 285 g/mol. The van der Waals surface area contributed by atoms with Crippen LogP contribution in [0.3, 0.4) is 0 Å². The van der Waals surface area contributed by atoms with E-state index in [0.717, 1.165) is 0 Å². The first-order valence-electron chi connectivity index (χ1n) is 5.99. The van der Waals surface area contributed by atoms with Crippen molar-refractivity contribution < 1.29 is 28.2 Å². The zero-order chi connectivity index (χ0) is 14.8. The Morgan fingerprint density at radius 2 is 1.90 bits per heavy atom. The molecule has 1 saturated carbocycles. The Kier molecular flexibility index (Phi) is 3.87. The number of amides is 1. The Morgan fingerprint density at radius 1 is 1.30 bits per heavy atom. The molecule has 108 valence electrons. The quantitative estimate of drug-likeness (QED) is 0.781. The molecule has 1 aromatic rings. The van der Waals surface area contributed by atoms with Gasteiger partial charge in [-0.05, 0) is 30.5 Å². The highest BCUT2D eigenvalue weighted by Crippen LogP contribution is 2.46. The first kappa shape index (κ1) is 14.2. The highest BCUT2D eigenvalue weighted by molar-refractivity contribution is 6.04. The number of ether oxygens (including phenoxy) is 1. The number of hydrogen-bond donors (Lipinski definition) is 2. The predicted molar refractivity (Wildman–Crippen MR) is 64.2 cm³/mol. The Hall–Kier alpha value is -2.18. The molecule has 0 bridgehead atoms. The maximum atomic E-state index is 12.0. The van der Waals surface area contributed by atoms with Crippen molar-refractivity contribution in [3.63, 3.8) is 0 Å². The Morgan fingerprint density at radius 3 is 2.35 bits per heavy atom. The van der Waals surface area contributed by atoms with Gasteiger partial charge in [0.1, 0.15) is 11.2 Å². The minimum atomic E-state index is -2.88. The summed E-state index contributed by atoms with van der Waals surface area (Å²) >= 11 is 0. The lowest BCUT2D eigenvalue weighted by molar-refractivity contribution is -0.149. The molecule has 0 heterocycles. The average molecular weight is 285 g/mol. The van der Waals surface area contributed by atoms with Crippen LogP contribution in [0.4, 0.5) is 8.78 Å². The zero-order valence-electron chi connectivity index (χ0n) is 10.4. The molecule has 5 nitrogen and oxygen atoms in total. The number of halogens is 2. The van der Waals surface area contributed by atoms with Gasteiger partial charge in [0, 0.05) is 6.54 Å². The SMILES string of the molecule is O=C(O)C1(C(=O)NCc2ccc(OC(F)F)cc2)CC1. The second kappa shape index (κ2) is 5.44. The Bertz CT molecular complexity index is 512. The van der Waals surface area contributed by atoms with Crippen LogP contribution in [-0.2, 0) is 16.1 Å². The molecule has 2 rings (SSSR count). The van der Waals surface area contributed by atoms with Crippen LogP contribution in [0.15, 0.2) is 24.3 Å². The van der Waals surface area contributed by atoms with Crippen LogP contribution in [0.25, 0.3) is 0 Å². The molecule has 20 heavy (non-hydrogen) atoms. The van der Waals surface area contributed by atoms with Gasteiger partial charge in [0.2, 0.25) is 5.91 Å². The van der Waals surface area contributed by atoms with E-state index in [4.69, 9.17) is 5.11 Å². The van der Waals surface area contributed by atoms with Crippen molar-refractivity contribution in [1.82, 2.24) is 5.32 Å². The smallest absolute Gasteiger partial charge is 0.387 e. The third-order valence-electron chi connectivity index (χ3n) is 3.20. The summed E-state index contributed by atoms with van der Waals surface area (Å²) in [6.45, 7) is -2.74. The number of hydrogen-bond acceptors (Lipinski definition) is 3. The minimum absolute atomic E-state index is 0.0271. The van der Waals surface area contributed by atoms with Gasteiger partial charge < -0.3 is 15.2 Å². The summed E-state index contributed by atoms with van der Waals surface area (Å²) in [6.07, 6.45) is 0.685. The second-order valence-electron chi connectivity index (χ2n) is 4.59. The first-order chi connectivity index (χ1) is 9.44. The van der Waals surface area contributed by atoms with Crippen LogP contribution < -0.4 is 10.1 Å². The fourth-order valence-corrected chi connectivity index (χ4v) is 1.80. The second-order valence-corrected chi connectivity index (χ2v) is 4.59. The molecule has 1 aromatic carbocycles. The highest BCUT2D eigenvalue weighted by atomic mass is 19.3. The average Bonchev–Trinajstić information content (AvgIpc) is 3.18. The standard InChI is InChI=1S/C13H13F2NO4/c14-12(15)20-9-3-1-8(2-4-9)7-16-10(17)13(5-6-13)11(18)19/h1-4,12H,5-7H2,(H,16,17)(H,18,19). The van der Waals surface area contributed by atoms with E-state index < -0.39 is 23.9 Å². The zero-order valence-corrected chi connectivity index (χ0v) is 10.4. The summed E-state index contributed by atoms with van der Waals surface area (Å²) in [4.78, 5) is 22.7. The van der Waals surface area contributed by atoms with Crippen molar-refractivity contribution in [3.05, 3.63) is 29.8 Å². The van der Waals surface area contributed by atoms with Crippen LogP contribution in [0.2, 0.25) is 0 Å². The van der Waals surface area contributed by atoms with Gasteiger partial charge in [-0.1, -0.05) is 12.1 Å². The molecule has 0 radical (unpaired) electrons. The van der Waals surface area contributed by atoms with Crippen molar-refractivity contribution >= 4 is 11.9 Å². The molecule has 0 atom stereocenters. The normalized spacial score (nSPS) is 15.8. The van der Waals surface area contributed by atoms with E-state index >= 15 is 0 Å². The fourth-order valence-electron chi connectivity index (χ4n) is 1.80. The lowest BCUT2D eigenvalue weighted by atomic mass is 10.1. The van der Waals surface area contributed by atoms with Crippen molar-refractivity contribution in [1.29, 1.82) is 0 Å². The molecule has 2 N–H and O–H groups in total. The Balaban J connectivity index is 1.88. The molecule has 0 aromatic heterocycles. The van der Waals surface area contributed by atoms with Crippen molar-refractivity contribution in [2.45, 2.75) is 26.0 Å². The maximum Gasteiger partial charge on any atom is 0.387 e. The number of carboxylic acids is 1. The van der Waals surface area contributed by atoms with E-state index in [0.29, 0.717) is 18.4 Å². The first-order valence-corrected chi connectivity index (χ1v) is 5.99. The Labute approximate surface area is 113 Å². The molecule has 0 unspecified atom stereocenters. The maximum absolute atomic E-state index is 12.0. The van der Waals surface area contributed by atoms with Crippen molar-refractivity contribution in [3.8, 4) is 5.75 Å². The van der Waals surface area contributed by atoms with Gasteiger partial charge in [0.15, 0.2) is 0 Å². The summed E-state index contributed by atoms with van der Waals surface area (Å²) in [5.74, 6) is -1.60. The molecule has 0 saturated heterocycles. The van der Waals surface area contributed by atoms with E-state index in [9.17, 15) is 18.4 Å². The molecule has 0 spiro atoms. The molecule has 1 aliphatic carbocycles. The largest absolute Gasteiger partial charge is 0.480 e. The lowest BCUT2D eigenvalue weighted by Gasteiger charge is -2.11. The van der Waals surface area contributed by atoms with Crippen LogP contribution >= 0.6 is 0 Å². The molecular formula is C13H13F2NO4. The van der Waals surface area contributed by atoms with Gasteiger partial charge in [-0.3, -0.25) is 9.59 Å². The number of rotatable bonds is 6. The van der Waals surface area contributed by atoms with Gasteiger partial charge in [0.25, 0.3) is 0 Å². The van der Waals surface area contributed by atoms with Crippen LogP contribution in [0.1, 0.15) is 18.4 Å². The number of carbonyl (C=O) groups excluding carboxylic acids is 1. The van der Waals surface area contributed by atoms with Gasteiger partial charge in [0.05, 0.1) is 0 Å². The topological polar surface area (TPSA) is 75.6 Å². The summed E-state index contributed by atoms with van der Waals surface area (Å²) in [5, 5.41) is 11.5. The number of alkyl halides is 2. The lowest BCUT2D eigenvalue weighted by Crippen LogP contribution is -2.36. The number of carbonyl (C=O) groups is 2. The highest BCUT2D eigenvalue weighted by Gasteiger charge is 2.56. The fraction of sp³-hybridized carbons (Fsp3) is 0.385. The number of nitrogens with one attached hydrogen (secondary N) is 1. The van der Waals surface area contributed by atoms with Crippen LogP contribution in [0.5, 0.6) is 5.75 Å². The molecule has 1 fully saturated rings. The summed E-state index contributed by atoms with van der Waals surface area (Å²) in [5.41, 5.74) is -0.611. The predicted octanol–water partition coefficient (Wildman–Crippen LogP) is 1.77. The number of carboxylic acid groups (broad SMARTS) is 1. The third-order valence-corrected chi connectivity index (χ3v) is 3.20. The molecule has 0 aliphatic heterocycles. The van der Waals surface area contributed by atoms with E-state index in [1.807, 2.05) is 0 Å². The van der Waals surface area contributed by atoms with E-state index in [1.54, 1.807) is 0 Å². The summed E-state index contributed by atoms with van der Waals surface area (Å²) < 4.78 is 28.1. The summed E-state index contributed by atoms with van der Waals surface area (Å²) in [7, 11) is 0. The van der Waals surface area contributed by atoms with Crippen LogP contribution in [-0.4, -0.2) is 23.6 Å². The molecule has 1 aliphatic rings. The van der Waals surface area contributed by atoms with E-state index in [-0.39, 0.29) is 12.3 Å². The van der Waals surface area contributed by atoms with E-state index in [2.05, 4.69) is 10.1 Å². The van der Waals surface area contributed by atoms with Crippen LogP contribution in [0, 0.1) is 5.41 Å². The van der Waals surface area contributed by atoms with Gasteiger partial charge in [-0.15, -0.1) is 0 Å². The summed E-state index contributed by atoms with van der Waals surface area (Å²) in [6, 6.07) is 5.77. The van der Waals surface area contributed by atoms with Gasteiger partial charge >= 0.3 is 12.6 Å². The van der Waals surface area contributed by atoms with Gasteiger partial charge in [-0.25, -0.2) is 0 Å². The van der Waals surface area contributed by atoms with Crippen molar-refractivity contribution in [2.24, 2.45) is 5.41 Å². The van der Waals surface area contributed by atoms with E-state index in [1.165, 1.54) is 24.3 Å².